The van der Waals surface area contributed by atoms with Crippen LogP contribution >= 0.6 is 0 Å². The van der Waals surface area contributed by atoms with Crippen molar-refractivity contribution in [3.8, 4) is 0 Å². The summed E-state index contributed by atoms with van der Waals surface area (Å²) in [5.41, 5.74) is -1.38. The smallest absolute Gasteiger partial charge is 0.101 e. The summed E-state index contributed by atoms with van der Waals surface area (Å²) < 4.78 is 0. The Kier molecular flexibility index (Phi) is 91.9. The van der Waals surface area contributed by atoms with Gasteiger partial charge < -0.3 is 0 Å². The van der Waals surface area contributed by atoms with Crippen molar-refractivity contribution >= 4 is 0 Å². The fourth-order valence-electron chi connectivity index (χ4n) is 17.9. The highest BCUT2D eigenvalue weighted by Crippen LogP contribution is 2.33. The largest absolute Gasteiger partial charge is 0.230 e. The van der Waals surface area contributed by atoms with Crippen LogP contribution < -0.4 is 0 Å². The van der Waals surface area contributed by atoms with E-state index in [0.29, 0.717) is 0 Å². The Morgan fingerprint density at radius 1 is 0.114 bits per heavy atom. The van der Waals surface area contributed by atoms with E-state index < -0.39 is 0 Å². The van der Waals surface area contributed by atoms with Gasteiger partial charge in [-0.15, -0.1) is 0 Å². The van der Waals surface area contributed by atoms with E-state index >= 15 is 0 Å². The SMILES string of the molecule is CCCCCCCCCCCCCCCCCCCCCCCCCCCCCCCCCCCCCCCCCCCCCCCCCCCCCCCCCCCCCCCCCCCCCCCCCCCCCCCCCCCCCCCCCCCCCCCC(C)(CCC(C)(C)OOC(C)(C)C)OOC(C)(C)C. The molecule has 0 aliphatic carbocycles. The van der Waals surface area contributed by atoms with Gasteiger partial charge in [-0.3, -0.25) is 0 Å². The summed E-state index contributed by atoms with van der Waals surface area (Å²) in [6.45, 7) is 20.9. The molecule has 0 rings (SSSR count). The first kappa shape index (κ1) is 114. The molecule has 1 atom stereocenters. The number of hydrogen-bond acceptors (Lipinski definition) is 4. The van der Waals surface area contributed by atoms with Crippen molar-refractivity contribution in [1.82, 2.24) is 0 Å². The molecular weight excluding hydrogens is 1390 g/mol. The molecule has 4 heteroatoms. The second kappa shape index (κ2) is 92.0. The monoisotopic (exact) mass is 1610 g/mol. The van der Waals surface area contributed by atoms with Crippen LogP contribution in [0.4, 0.5) is 0 Å². The van der Waals surface area contributed by atoms with Gasteiger partial charge in [-0.1, -0.05) is 604 Å². The van der Waals surface area contributed by atoms with Gasteiger partial charge in [-0.05, 0) is 81.6 Å². The topological polar surface area (TPSA) is 36.9 Å². The first-order valence-electron chi connectivity index (χ1n) is 54.4. The minimum absolute atomic E-state index is 0.326. The van der Waals surface area contributed by atoms with Crippen LogP contribution in [0, 0.1) is 0 Å². The molecule has 0 spiro atoms. The molecule has 4 nitrogen and oxygen atoms in total. The van der Waals surface area contributed by atoms with Crippen LogP contribution in [0.25, 0.3) is 0 Å². The van der Waals surface area contributed by atoms with E-state index in [1.54, 1.807) is 0 Å². The molecule has 0 saturated heterocycles. The zero-order valence-corrected chi connectivity index (χ0v) is 81.5. The van der Waals surface area contributed by atoms with Crippen molar-refractivity contribution in [2.75, 3.05) is 0 Å². The molecule has 0 aromatic heterocycles. The van der Waals surface area contributed by atoms with Crippen LogP contribution in [0.2, 0.25) is 0 Å². The van der Waals surface area contributed by atoms with Crippen molar-refractivity contribution < 1.29 is 19.6 Å². The first-order chi connectivity index (χ1) is 55.7. The Balaban J connectivity index is 3.21. The summed E-state index contributed by atoms with van der Waals surface area (Å²) in [5.74, 6) is 0. The van der Waals surface area contributed by atoms with Gasteiger partial charge >= 0.3 is 0 Å². The lowest BCUT2D eigenvalue weighted by atomic mass is 9.88. The minimum Gasteiger partial charge on any atom is -0.230 e. The van der Waals surface area contributed by atoms with Gasteiger partial charge in [0.15, 0.2) is 0 Å². The van der Waals surface area contributed by atoms with E-state index in [4.69, 9.17) is 19.6 Å². The summed E-state index contributed by atoms with van der Waals surface area (Å²) in [5, 5.41) is 0. The summed E-state index contributed by atoms with van der Waals surface area (Å²) in [4.78, 5) is 23.5. The van der Waals surface area contributed by atoms with E-state index in [1.165, 1.54) is 597 Å². The van der Waals surface area contributed by atoms with Gasteiger partial charge in [0.1, 0.15) is 5.60 Å². The predicted octanol–water partition coefficient (Wildman–Crippen LogP) is 41.5. The van der Waals surface area contributed by atoms with Crippen LogP contribution in [-0.4, -0.2) is 22.4 Å². The van der Waals surface area contributed by atoms with Gasteiger partial charge in [0.25, 0.3) is 0 Å². The zero-order valence-electron chi connectivity index (χ0n) is 81.5. The fourth-order valence-corrected chi connectivity index (χ4v) is 17.9. The van der Waals surface area contributed by atoms with E-state index in [-0.39, 0.29) is 22.4 Å². The van der Waals surface area contributed by atoms with Gasteiger partial charge in [0.05, 0.1) is 16.8 Å². The van der Waals surface area contributed by atoms with Crippen LogP contribution in [0.3, 0.4) is 0 Å². The van der Waals surface area contributed by atoms with E-state index in [9.17, 15) is 0 Å². The summed E-state index contributed by atoms with van der Waals surface area (Å²) in [7, 11) is 0. The predicted molar refractivity (Wildman–Crippen MR) is 515 cm³/mol. The lowest BCUT2D eigenvalue weighted by molar-refractivity contribution is -0.413. The second-order valence-corrected chi connectivity index (χ2v) is 41.5. The van der Waals surface area contributed by atoms with E-state index in [1.807, 2.05) is 20.8 Å². The number of hydrogen-bond donors (Lipinski definition) is 0. The molecule has 0 bridgehead atoms. The third kappa shape index (κ3) is 101. The van der Waals surface area contributed by atoms with E-state index in [0.717, 1.165) is 19.3 Å². The maximum absolute atomic E-state index is 6.14. The molecule has 0 aromatic carbocycles. The Bertz CT molecular complexity index is 1730. The summed E-state index contributed by atoms with van der Waals surface area (Å²) in [6.07, 6.45) is 140. The molecule has 0 aliphatic heterocycles. The van der Waals surface area contributed by atoms with Crippen molar-refractivity contribution in [2.45, 2.75) is 708 Å². The standard InChI is InChI=1S/C110H222O4/c1-11-12-13-14-15-16-17-18-19-20-21-22-23-24-25-26-27-28-29-30-31-32-33-34-35-36-37-38-39-40-41-42-43-44-45-46-47-48-49-50-51-52-53-54-55-56-57-58-59-60-61-62-63-64-65-66-67-68-69-70-71-72-73-74-75-76-77-78-79-80-81-82-83-84-85-86-87-88-89-90-91-92-93-94-95-96-97-98-99-100-101-102-103-104-110(10,114-112-108(5,6)7)106-105-109(8,9)113-111-107(2,3)4/h11-106H2,1-10H3. The number of unbranched alkanes of at least 4 members (excludes halogenated alkanes) is 92. The van der Waals surface area contributed by atoms with Gasteiger partial charge in [-0.2, -0.15) is 0 Å². The van der Waals surface area contributed by atoms with Crippen LogP contribution in [0.15, 0.2) is 0 Å². The Labute approximate surface area is 723 Å². The van der Waals surface area contributed by atoms with Gasteiger partial charge in [0, 0.05) is 0 Å². The second-order valence-electron chi connectivity index (χ2n) is 41.5. The molecule has 0 aromatic rings. The third-order valence-electron chi connectivity index (χ3n) is 26.1. The molecule has 0 N–H and O–H groups in total. The molecule has 0 radical (unpaired) electrons. The molecule has 0 heterocycles. The highest BCUT2D eigenvalue weighted by molar-refractivity contribution is 4.80. The molecular formula is C110H222O4. The molecule has 0 fully saturated rings. The van der Waals surface area contributed by atoms with Crippen LogP contribution in [0.5, 0.6) is 0 Å². The quantitative estimate of drug-likeness (QED) is 0.0345. The van der Waals surface area contributed by atoms with Crippen molar-refractivity contribution in [1.29, 1.82) is 0 Å². The third-order valence-corrected chi connectivity index (χ3v) is 26.1. The summed E-state index contributed by atoms with van der Waals surface area (Å²) >= 11 is 0. The summed E-state index contributed by atoms with van der Waals surface area (Å²) in [6, 6.07) is 0. The Morgan fingerprint density at radius 3 is 0.351 bits per heavy atom. The lowest BCUT2D eigenvalue weighted by Gasteiger charge is -2.35. The fraction of sp³-hybridized carbons (Fsp3) is 1.00. The van der Waals surface area contributed by atoms with Crippen molar-refractivity contribution in [3.63, 3.8) is 0 Å². The highest BCUT2D eigenvalue weighted by atomic mass is 17.2. The molecule has 0 aliphatic rings. The normalized spacial score (nSPS) is 12.9. The maximum atomic E-state index is 6.14. The highest BCUT2D eigenvalue weighted by Gasteiger charge is 2.33. The molecule has 114 heavy (non-hydrogen) atoms. The Hall–Kier alpha value is -0.160. The lowest BCUT2D eigenvalue weighted by Crippen LogP contribution is -2.37. The molecule has 0 saturated carbocycles. The molecule has 0 amide bonds. The van der Waals surface area contributed by atoms with Crippen molar-refractivity contribution in [2.24, 2.45) is 0 Å². The Morgan fingerprint density at radius 2 is 0.228 bits per heavy atom. The average Bonchev–Trinajstić information content (AvgIpc) is 0.861. The van der Waals surface area contributed by atoms with Crippen molar-refractivity contribution in [3.05, 3.63) is 0 Å². The van der Waals surface area contributed by atoms with E-state index in [2.05, 4.69) is 48.5 Å². The zero-order chi connectivity index (χ0) is 82.7. The van der Waals surface area contributed by atoms with Crippen LogP contribution in [0.1, 0.15) is 686 Å². The number of rotatable bonds is 101. The average molecular weight is 1610 g/mol. The first-order valence-corrected chi connectivity index (χ1v) is 54.4. The van der Waals surface area contributed by atoms with Gasteiger partial charge in [-0.25, -0.2) is 19.6 Å². The van der Waals surface area contributed by atoms with Crippen LogP contribution in [-0.2, 0) is 19.6 Å². The maximum Gasteiger partial charge on any atom is 0.101 e. The molecule has 686 valence electrons. The molecule has 1 unspecified atom stereocenters. The minimum atomic E-state index is -0.388. The van der Waals surface area contributed by atoms with Gasteiger partial charge in [0.2, 0.25) is 0 Å².